The van der Waals surface area contributed by atoms with Crippen LogP contribution in [-0.4, -0.2) is 78.4 Å². The van der Waals surface area contributed by atoms with E-state index in [1.54, 1.807) is 30.5 Å². The van der Waals surface area contributed by atoms with Gasteiger partial charge in [0.1, 0.15) is 18.5 Å². The predicted molar refractivity (Wildman–Crippen MR) is 105 cm³/mol. The van der Waals surface area contributed by atoms with Gasteiger partial charge in [0, 0.05) is 51.7 Å². The van der Waals surface area contributed by atoms with Gasteiger partial charge in [-0.15, -0.1) is 0 Å². The molecule has 0 radical (unpaired) electrons. The number of piperazine rings is 1. The maximum absolute atomic E-state index is 11.4. The lowest BCUT2D eigenvalue weighted by atomic mass is 10.2. The first kappa shape index (κ1) is 20.3. The molecular weight excluding hydrogens is 358 g/mol. The maximum atomic E-state index is 11.4. The molecule has 7 heteroatoms. The van der Waals surface area contributed by atoms with Gasteiger partial charge in [0.05, 0.1) is 12.7 Å². The summed E-state index contributed by atoms with van der Waals surface area (Å²) >= 11 is 0. The molecule has 1 fully saturated rings. The topological polar surface area (TPSA) is 75.1 Å². The van der Waals surface area contributed by atoms with E-state index >= 15 is 0 Å². The summed E-state index contributed by atoms with van der Waals surface area (Å²) in [5.74, 6) is 0.238. The zero-order chi connectivity index (χ0) is 19.8. The highest BCUT2D eigenvalue weighted by Crippen LogP contribution is 2.14. The fourth-order valence-corrected chi connectivity index (χ4v) is 3.23. The molecule has 1 aromatic heterocycles. The van der Waals surface area contributed by atoms with Gasteiger partial charge in [0.2, 0.25) is 0 Å². The van der Waals surface area contributed by atoms with Crippen molar-refractivity contribution in [3.8, 4) is 5.75 Å². The Kier molecular flexibility index (Phi) is 7.36. The second-order valence-corrected chi connectivity index (χ2v) is 6.92. The highest BCUT2D eigenvalue weighted by Gasteiger charge is 2.19. The number of aliphatic hydroxyl groups excluding tert-OH is 1. The van der Waals surface area contributed by atoms with Crippen molar-refractivity contribution >= 4 is 5.97 Å². The molecule has 0 saturated carbocycles. The highest BCUT2D eigenvalue weighted by molar-refractivity contribution is 5.89. The Bertz CT molecular complexity index is 731. The van der Waals surface area contributed by atoms with Gasteiger partial charge in [-0.2, -0.15) is 0 Å². The van der Waals surface area contributed by atoms with Crippen molar-refractivity contribution in [2.45, 2.75) is 12.6 Å². The van der Waals surface area contributed by atoms with E-state index in [-0.39, 0.29) is 12.6 Å². The van der Waals surface area contributed by atoms with Gasteiger partial charge >= 0.3 is 5.97 Å². The first-order chi connectivity index (χ1) is 13.6. The summed E-state index contributed by atoms with van der Waals surface area (Å²) in [7, 11) is 1.35. The molecule has 1 unspecified atom stereocenters. The van der Waals surface area contributed by atoms with E-state index in [9.17, 15) is 9.90 Å². The third kappa shape index (κ3) is 6.02. The zero-order valence-corrected chi connectivity index (χ0v) is 16.2. The summed E-state index contributed by atoms with van der Waals surface area (Å²) in [6.45, 7) is 5.49. The Morgan fingerprint density at radius 3 is 2.50 bits per heavy atom. The zero-order valence-electron chi connectivity index (χ0n) is 16.2. The number of hydrogen-bond donors (Lipinski definition) is 1. The summed E-state index contributed by atoms with van der Waals surface area (Å²) in [6, 6.07) is 10.8. The average molecular weight is 385 g/mol. The van der Waals surface area contributed by atoms with Crippen molar-refractivity contribution in [2.75, 3.05) is 46.4 Å². The van der Waals surface area contributed by atoms with Gasteiger partial charge < -0.3 is 14.6 Å². The number of aliphatic hydroxyl groups is 1. The molecule has 2 heterocycles. The van der Waals surface area contributed by atoms with Crippen LogP contribution >= 0.6 is 0 Å². The molecule has 28 heavy (non-hydrogen) atoms. The number of β-amino-alcohol motifs (C(OH)–C–C–N with tert-alkyl or cyclic N) is 1. The van der Waals surface area contributed by atoms with Crippen molar-refractivity contribution < 1.29 is 19.4 Å². The van der Waals surface area contributed by atoms with E-state index in [1.165, 1.54) is 12.7 Å². The molecule has 150 valence electrons. The number of aromatic nitrogens is 1. The number of pyridine rings is 1. The van der Waals surface area contributed by atoms with Crippen molar-refractivity contribution in [1.29, 1.82) is 0 Å². The first-order valence-corrected chi connectivity index (χ1v) is 9.47. The monoisotopic (exact) mass is 385 g/mol. The first-order valence-electron chi connectivity index (χ1n) is 9.47. The Balaban J connectivity index is 1.36. The van der Waals surface area contributed by atoms with Crippen LogP contribution in [0.25, 0.3) is 0 Å². The van der Waals surface area contributed by atoms with E-state index in [4.69, 9.17) is 4.74 Å². The molecule has 0 spiro atoms. The summed E-state index contributed by atoms with van der Waals surface area (Å²) < 4.78 is 10.3. The van der Waals surface area contributed by atoms with Crippen LogP contribution in [0.3, 0.4) is 0 Å². The molecule has 3 rings (SSSR count). The third-order valence-electron chi connectivity index (χ3n) is 4.78. The van der Waals surface area contributed by atoms with Crippen LogP contribution in [0.4, 0.5) is 0 Å². The molecule has 1 aliphatic heterocycles. The Labute approximate surface area is 165 Å². The quantitative estimate of drug-likeness (QED) is 0.689. The van der Waals surface area contributed by atoms with E-state index < -0.39 is 6.10 Å². The van der Waals surface area contributed by atoms with Crippen LogP contribution in [0.15, 0.2) is 48.8 Å². The molecule has 7 nitrogen and oxygen atoms in total. The normalized spacial score (nSPS) is 16.5. The lowest BCUT2D eigenvalue weighted by molar-refractivity contribution is 0.0445. The average Bonchev–Trinajstić information content (AvgIpc) is 2.74. The van der Waals surface area contributed by atoms with E-state index in [0.29, 0.717) is 17.9 Å². The van der Waals surface area contributed by atoms with Gasteiger partial charge in [0.25, 0.3) is 0 Å². The molecule has 1 aromatic carbocycles. The Morgan fingerprint density at radius 1 is 1.14 bits per heavy atom. The molecule has 1 saturated heterocycles. The molecular formula is C21H27N3O4. The summed E-state index contributed by atoms with van der Waals surface area (Å²) in [5, 5.41) is 10.3. The van der Waals surface area contributed by atoms with Gasteiger partial charge in [-0.25, -0.2) is 4.79 Å². The number of methoxy groups -OCH3 is 1. The number of ether oxygens (including phenoxy) is 2. The van der Waals surface area contributed by atoms with Crippen LogP contribution in [0.2, 0.25) is 0 Å². The lowest BCUT2D eigenvalue weighted by Crippen LogP contribution is -2.48. The number of rotatable bonds is 8. The number of hydrogen-bond acceptors (Lipinski definition) is 7. The van der Waals surface area contributed by atoms with Crippen molar-refractivity contribution in [2.24, 2.45) is 0 Å². The second-order valence-electron chi connectivity index (χ2n) is 6.92. The number of esters is 1. The van der Waals surface area contributed by atoms with E-state index in [1.807, 2.05) is 12.3 Å². The fraction of sp³-hybridized carbons (Fsp3) is 0.429. The standard InChI is InChI=1S/C21H27N3O4/c1-27-21(26)18-4-6-20(7-5-18)28-16-19(25)15-24-11-9-23(10-12-24)14-17-3-2-8-22-13-17/h2-8,13,19,25H,9-12,14-16H2,1H3. The minimum absolute atomic E-state index is 0.216. The summed E-state index contributed by atoms with van der Waals surface area (Å²) in [5.41, 5.74) is 1.70. The van der Waals surface area contributed by atoms with Gasteiger partial charge in [0.15, 0.2) is 0 Å². The fourth-order valence-electron chi connectivity index (χ4n) is 3.23. The minimum atomic E-state index is -0.565. The van der Waals surface area contributed by atoms with Crippen LogP contribution < -0.4 is 4.74 Å². The Morgan fingerprint density at radius 2 is 1.86 bits per heavy atom. The number of carbonyl (C=O) groups excluding carboxylic acids is 1. The molecule has 1 atom stereocenters. The number of nitrogens with zero attached hydrogens (tertiary/aromatic N) is 3. The summed E-state index contributed by atoms with van der Waals surface area (Å²) in [4.78, 5) is 20.2. The SMILES string of the molecule is COC(=O)c1ccc(OCC(O)CN2CCN(Cc3cccnc3)CC2)cc1. The van der Waals surface area contributed by atoms with Crippen LogP contribution in [0.1, 0.15) is 15.9 Å². The van der Waals surface area contributed by atoms with Crippen molar-refractivity contribution in [3.05, 3.63) is 59.9 Å². The molecule has 1 aliphatic rings. The molecule has 0 aliphatic carbocycles. The summed E-state index contributed by atoms with van der Waals surface area (Å²) in [6.07, 6.45) is 3.13. The van der Waals surface area contributed by atoms with Gasteiger partial charge in [-0.05, 0) is 35.9 Å². The largest absolute Gasteiger partial charge is 0.491 e. The molecule has 1 N–H and O–H groups in total. The molecule has 0 bridgehead atoms. The van der Waals surface area contributed by atoms with Crippen molar-refractivity contribution in [1.82, 2.24) is 14.8 Å². The van der Waals surface area contributed by atoms with Crippen LogP contribution in [0, 0.1) is 0 Å². The second kappa shape index (κ2) is 10.2. The number of carbonyl (C=O) groups is 1. The van der Waals surface area contributed by atoms with Gasteiger partial charge in [-0.3, -0.25) is 14.8 Å². The van der Waals surface area contributed by atoms with Crippen molar-refractivity contribution in [3.63, 3.8) is 0 Å². The third-order valence-corrected chi connectivity index (χ3v) is 4.78. The maximum Gasteiger partial charge on any atom is 0.337 e. The van der Waals surface area contributed by atoms with Crippen LogP contribution in [-0.2, 0) is 11.3 Å². The predicted octanol–water partition coefficient (Wildman–Crippen LogP) is 1.43. The highest BCUT2D eigenvalue weighted by atomic mass is 16.5. The van der Waals surface area contributed by atoms with Gasteiger partial charge in [-0.1, -0.05) is 6.07 Å². The van der Waals surface area contributed by atoms with Crippen LogP contribution in [0.5, 0.6) is 5.75 Å². The number of benzene rings is 1. The molecule has 0 amide bonds. The molecule has 2 aromatic rings. The lowest BCUT2D eigenvalue weighted by Gasteiger charge is -2.35. The Hall–Kier alpha value is -2.48. The minimum Gasteiger partial charge on any atom is -0.491 e. The van der Waals surface area contributed by atoms with E-state index in [2.05, 4.69) is 25.6 Å². The smallest absolute Gasteiger partial charge is 0.337 e. The van der Waals surface area contributed by atoms with E-state index in [0.717, 1.165) is 32.7 Å².